The van der Waals surface area contributed by atoms with E-state index in [0.29, 0.717) is 41.6 Å². The van der Waals surface area contributed by atoms with E-state index in [2.05, 4.69) is 4.98 Å². The van der Waals surface area contributed by atoms with Gasteiger partial charge in [0, 0.05) is 29.9 Å². The molecule has 180 valence electrons. The summed E-state index contributed by atoms with van der Waals surface area (Å²) in [5.41, 5.74) is 3.69. The molecule has 5 rings (SSSR count). The molecule has 7 heteroatoms. The summed E-state index contributed by atoms with van der Waals surface area (Å²) < 4.78 is 16.4. The minimum absolute atomic E-state index is 0.129. The maximum atomic E-state index is 14.1. The van der Waals surface area contributed by atoms with Gasteiger partial charge in [-0.3, -0.25) is 9.78 Å². The van der Waals surface area contributed by atoms with Crippen LogP contribution in [0.15, 0.2) is 95.9 Å². The molecule has 0 unspecified atom stereocenters. The summed E-state index contributed by atoms with van der Waals surface area (Å²) in [5.74, 6) is 1.79. The lowest BCUT2D eigenvalue weighted by molar-refractivity contribution is 0.0719. The standard InChI is InChI=1S/C29H25N3O4/c1-34-27-12-11-21(15-28(27)35-2)26-16-24(23-9-3-4-10-25(23)31-26)29(33)32(19-22-8-6-14-36-22)18-20-7-5-13-30-17-20/h3-17H,18-19H2,1-2H3. The third-order valence-electron chi connectivity index (χ3n) is 5.94. The Morgan fingerprint density at radius 3 is 2.53 bits per heavy atom. The van der Waals surface area contributed by atoms with Crippen LogP contribution in [0.5, 0.6) is 11.5 Å². The van der Waals surface area contributed by atoms with Gasteiger partial charge >= 0.3 is 0 Å². The fraction of sp³-hybridized carbons (Fsp3) is 0.138. The summed E-state index contributed by atoms with van der Waals surface area (Å²) in [6.07, 6.45) is 5.09. The van der Waals surface area contributed by atoms with Gasteiger partial charge in [-0.25, -0.2) is 4.98 Å². The van der Waals surface area contributed by atoms with Gasteiger partial charge < -0.3 is 18.8 Å². The normalized spacial score (nSPS) is 10.8. The molecule has 0 spiro atoms. The summed E-state index contributed by atoms with van der Waals surface area (Å²) in [5, 5.41) is 0.780. The first-order valence-corrected chi connectivity index (χ1v) is 11.5. The lowest BCUT2D eigenvalue weighted by atomic mass is 10.0. The number of furan rings is 1. The van der Waals surface area contributed by atoms with Crippen LogP contribution in [-0.2, 0) is 13.1 Å². The number of ether oxygens (including phenoxy) is 2. The first-order valence-electron chi connectivity index (χ1n) is 11.5. The lowest BCUT2D eigenvalue weighted by Crippen LogP contribution is -2.30. The van der Waals surface area contributed by atoms with Crippen LogP contribution in [0.1, 0.15) is 21.7 Å². The Bertz CT molecular complexity index is 1480. The SMILES string of the molecule is COc1ccc(-c2cc(C(=O)N(Cc3cccnc3)Cc3ccco3)c3ccccc3n2)cc1OC. The van der Waals surface area contributed by atoms with E-state index in [1.807, 2.05) is 72.8 Å². The van der Waals surface area contributed by atoms with Crippen molar-refractivity contribution in [2.24, 2.45) is 0 Å². The molecule has 0 atom stereocenters. The summed E-state index contributed by atoms with van der Waals surface area (Å²) in [4.78, 5) is 24.9. The van der Waals surface area contributed by atoms with Gasteiger partial charge in [0.1, 0.15) is 5.76 Å². The number of rotatable bonds is 8. The molecule has 0 saturated heterocycles. The van der Waals surface area contributed by atoms with Gasteiger partial charge in [-0.2, -0.15) is 0 Å². The van der Waals surface area contributed by atoms with Gasteiger partial charge in [-0.1, -0.05) is 24.3 Å². The number of aromatic nitrogens is 2. The van der Waals surface area contributed by atoms with Crippen LogP contribution in [0.25, 0.3) is 22.2 Å². The van der Waals surface area contributed by atoms with Crippen molar-refractivity contribution in [3.63, 3.8) is 0 Å². The molecular formula is C29H25N3O4. The van der Waals surface area contributed by atoms with Gasteiger partial charge in [0.05, 0.1) is 43.8 Å². The van der Waals surface area contributed by atoms with Gasteiger partial charge in [-0.05, 0) is 54.1 Å². The maximum Gasteiger partial charge on any atom is 0.255 e. The first kappa shape index (κ1) is 23.1. The van der Waals surface area contributed by atoms with Crippen LogP contribution in [-0.4, -0.2) is 35.0 Å². The van der Waals surface area contributed by atoms with Gasteiger partial charge in [0.15, 0.2) is 11.5 Å². The molecule has 0 N–H and O–H groups in total. The second-order valence-corrected chi connectivity index (χ2v) is 8.24. The highest BCUT2D eigenvalue weighted by Crippen LogP contribution is 2.33. The molecule has 0 aliphatic rings. The fourth-order valence-corrected chi connectivity index (χ4v) is 4.17. The Balaban J connectivity index is 1.60. The fourth-order valence-electron chi connectivity index (χ4n) is 4.17. The molecule has 3 heterocycles. The van der Waals surface area contributed by atoms with Crippen LogP contribution < -0.4 is 9.47 Å². The third-order valence-corrected chi connectivity index (χ3v) is 5.94. The zero-order chi connectivity index (χ0) is 24.9. The van der Waals surface area contributed by atoms with Crippen LogP contribution >= 0.6 is 0 Å². The van der Waals surface area contributed by atoms with Crippen molar-refractivity contribution < 1.29 is 18.7 Å². The second-order valence-electron chi connectivity index (χ2n) is 8.24. The summed E-state index contributed by atoms with van der Waals surface area (Å²) in [7, 11) is 3.19. The molecule has 0 saturated carbocycles. The minimum atomic E-state index is -0.129. The van der Waals surface area contributed by atoms with Crippen LogP contribution in [0.4, 0.5) is 0 Å². The van der Waals surface area contributed by atoms with Crippen molar-refractivity contribution >= 4 is 16.8 Å². The second kappa shape index (κ2) is 10.3. The lowest BCUT2D eigenvalue weighted by Gasteiger charge is -2.23. The minimum Gasteiger partial charge on any atom is -0.493 e. The molecule has 0 radical (unpaired) electrons. The van der Waals surface area contributed by atoms with Crippen LogP contribution in [0.3, 0.4) is 0 Å². The number of para-hydroxylation sites is 1. The Kier molecular flexibility index (Phi) is 6.62. The van der Waals surface area contributed by atoms with Crippen molar-refractivity contribution in [3.05, 3.63) is 108 Å². The van der Waals surface area contributed by atoms with Crippen molar-refractivity contribution in [1.82, 2.24) is 14.9 Å². The molecule has 0 fully saturated rings. The maximum absolute atomic E-state index is 14.1. The Morgan fingerprint density at radius 2 is 1.78 bits per heavy atom. The highest BCUT2D eigenvalue weighted by molar-refractivity contribution is 6.07. The zero-order valence-electron chi connectivity index (χ0n) is 20.0. The van der Waals surface area contributed by atoms with Crippen molar-refractivity contribution in [3.8, 4) is 22.8 Å². The van der Waals surface area contributed by atoms with Crippen LogP contribution in [0.2, 0.25) is 0 Å². The number of hydrogen-bond donors (Lipinski definition) is 0. The van der Waals surface area contributed by atoms with Gasteiger partial charge in [-0.15, -0.1) is 0 Å². The Labute approximate surface area is 208 Å². The molecule has 7 nitrogen and oxygen atoms in total. The molecule has 3 aromatic heterocycles. The quantitative estimate of drug-likeness (QED) is 0.282. The Hall–Kier alpha value is -4.65. The van der Waals surface area contributed by atoms with E-state index < -0.39 is 0 Å². The molecule has 0 aliphatic heterocycles. The summed E-state index contributed by atoms with van der Waals surface area (Å²) in [6.45, 7) is 0.707. The molecule has 0 aliphatic carbocycles. The first-order chi connectivity index (χ1) is 17.7. The average Bonchev–Trinajstić information content (AvgIpc) is 3.45. The van der Waals surface area contributed by atoms with Gasteiger partial charge in [0.2, 0.25) is 0 Å². The highest BCUT2D eigenvalue weighted by atomic mass is 16.5. The van der Waals surface area contributed by atoms with Crippen molar-refractivity contribution in [1.29, 1.82) is 0 Å². The highest BCUT2D eigenvalue weighted by Gasteiger charge is 2.22. The van der Waals surface area contributed by atoms with Gasteiger partial charge in [0.25, 0.3) is 5.91 Å². The Morgan fingerprint density at radius 1 is 0.917 bits per heavy atom. The molecule has 36 heavy (non-hydrogen) atoms. The molecule has 1 amide bonds. The largest absolute Gasteiger partial charge is 0.493 e. The van der Waals surface area contributed by atoms with Crippen LogP contribution in [0, 0.1) is 0 Å². The van der Waals surface area contributed by atoms with Crippen molar-refractivity contribution in [2.45, 2.75) is 13.1 Å². The number of hydrogen-bond acceptors (Lipinski definition) is 6. The number of nitrogens with zero attached hydrogens (tertiary/aromatic N) is 3. The monoisotopic (exact) mass is 479 g/mol. The number of carbonyl (C=O) groups is 1. The van der Waals surface area contributed by atoms with E-state index in [1.54, 1.807) is 37.8 Å². The molecular weight excluding hydrogens is 454 g/mol. The smallest absolute Gasteiger partial charge is 0.255 e. The van der Waals surface area contributed by atoms with E-state index in [0.717, 1.165) is 22.0 Å². The third kappa shape index (κ3) is 4.77. The number of methoxy groups -OCH3 is 2. The number of benzene rings is 2. The molecule has 5 aromatic rings. The summed E-state index contributed by atoms with van der Waals surface area (Å²) in [6, 6.07) is 22.6. The van der Waals surface area contributed by atoms with E-state index in [4.69, 9.17) is 18.9 Å². The van der Waals surface area contributed by atoms with E-state index in [-0.39, 0.29) is 5.91 Å². The number of carbonyl (C=O) groups excluding carboxylic acids is 1. The number of fused-ring (bicyclic) bond motifs is 1. The number of amides is 1. The zero-order valence-corrected chi connectivity index (χ0v) is 20.0. The predicted molar refractivity (Wildman–Crippen MR) is 137 cm³/mol. The average molecular weight is 480 g/mol. The molecule has 2 aromatic carbocycles. The van der Waals surface area contributed by atoms with E-state index >= 15 is 0 Å². The summed E-state index contributed by atoms with van der Waals surface area (Å²) >= 11 is 0. The van der Waals surface area contributed by atoms with E-state index in [1.165, 1.54) is 0 Å². The van der Waals surface area contributed by atoms with Crippen molar-refractivity contribution in [2.75, 3.05) is 14.2 Å². The molecule has 0 bridgehead atoms. The number of pyridine rings is 2. The van der Waals surface area contributed by atoms with E-state index in [9.17, 15) is 4.79 Å². The predicted octanol–water partition coefficient (Wildman–Crippen LogP) is 5.75. The topological polar surface area (TPSA) is 77.7 Å².